The summed E-state index contributed by atoms with van der Waals surface area (Å²) in [6.07, 6.45) is 0.853. The molecule has 1 aliphatic rings. The number of halogens is 4. The first-order chi connectivity index (χ1) is 9.08. The second-order valence-corrected chi connectivity index (χ2v) is 5.54. The van der Waals surface area contributed by atoms with Gasteiger partial charge in [-0.15, -0.1) is 31.4 Å². The van der Waals surface area contributed by atoms with Crippen molar-refractivity contribution in [3.63, 3.8) is 0 Å². The van der Waals surface area contributed by atoms with E-state index in [0.717, 1.165) is 43.7 Å². The van der Waals surface area contributed by atoms with Crippen LogP contribution in [0, 0.1) is 5.82 Å². The van der Waals surface area contributed by atoms with E-state index in [1.165, 1.54) is 12.1 Å². The molecule has 0 amide bonds. The van der Waals surface area contributed by atoms with E-state index in [-0.39, 0.29) is 36.7 Å². The van der Waals surface area contributed by atoms with Gasteiger partial charge in [0.2, 0.25) is 0 Å². The van der Waals surface area contributed by atoms with Gasteiger partial charge >= 0.3 is 0 Å². The Morgan fingerprint density at radius 3 is 2.52 bits per heavy atom. The number of nitrogens with one attached hydrogen (secondary N) is 1. The summed E-state index contributed by atoms with van der Waals surface area (Å²) in [5, 5.41) is 3.85. The maximum Gasteiger partial charge on any atom is 0.124 e. The lowest BCUT2D eigenvalue weighted by Crippen LogP contribution is -2.45. The minimum absolute atomic E-state index is 0. The van der Waals surface area contributed by atoms with Crippen LogP contribution in [-0.2, 0) is 0 Å². The van der Waals surface area contributed by atoms with E-state index in [1.54, 1.807) is 6.07 Å². The van der Waals surface area contributed by atoms with Crippen LogP contribution < -0.4 is 5.32 Å². The van der Waals surface area contributed by atoms with Crippen molar-refractivity contribution in [3.05, 3.63) is 46.8 Å². The maximum atomic E-state index is 13.2. The van der Waals surface area contributed by atoms with Gasteiger partial charge in [0.15, 0.2) is 0 Å². The zero-order chi connectivity index (χ0) is 13.8. The summed E-state index contributed by atoms with van der Waals surface area (Å²) in [4.78, 5) is 2.39. The van der Waals surface area contributed by atoms with Gasteiger partial charge in [0, 0.05) is 37.2 Å². The molecule has 6 heteroatoms. The second-order valence-electron chi connectivity index (χ2n) is 5.13. The van der Waals surface area contributed by atoms with E-state index in [1.807, 2.05) is 6.92 Å². The molecule has 1 aliphatic heterocycles. The normalized spacial score (nSPS) is 16.5. The summed E-state index contributed by atoms with van der Waals surface area (Å²) >= 11 is 6.21. The lowest BCUT2D eigenvalue weighted by molar-refractivity contribution is 0.172. The molecule has 0 unspecified atom stereocenters. The Morgan fingerprint density at radius 2 is 2.00 bits per heavy atom. The SMILES string of the molecule is C=C(C)C[C@H](c1ccc(F)cc1Cl)N1CCNCC1.Cl.Cl. The topological polar surface area (TPSA) is 15.3 Å². The van der Waals surface area contributed by atoms with Crippen LogP contribution in [0.3, 0.4) is 0 Å². The van der Waals surface area contributed by atoms with Gasteiger partial charge in [-0.1, -0.05) is 23.2 Å². The molecule has 2 rings (SSSR count). The summed E-state index contributed by atoms with van der Waals surface area (Å²) in [5.74, 6) is -0.289. The molecule has 0 aromatic heterocycles. The number of hydrogen-bond donors (Lipinski definition) is 1. The highest BCUT2D eigenvalue weighted by molar-refractivity contribution is 6.31. The molecule has 21 heavy (non-hydrogen) atoms. The molecular formula is C15H22Cl3FN2. The second kappa shape index (κ2) is 9.65. The number of benzene rings is 1. The first-order valence-corrected chi connectivity index (χ1v) is 7.00. The van der Waals surface area contributed by atoms with Crippen molar-refractivity contribution in [2.45, 2.75) is 19.4 Å². The van der Waals surface area contributed by atoms with Crippen molar-refractivity contribution < 1.29 is 4.39 Å². The molecule has 1 aromatic rings. The molecule has 1 fully saturated rings. The first kappa shape index (κ1) is 20.7. The summed E-state index contributed by atoms with van der Waals surface area (Å²) < 4.78 is 13.2. The van der Waals surface area contributed by atoms with Gasteiger partial charge < -0.3 is 5.32 Å². The van der Waals surface area contributed by atoms with Crippen LogP contribution in [0.4, 0.5) is 4.39 Å². The van der Waals surface area contributed by atoms with Crippen LogP contribution in [0.5, 0.6) is 0 Å². The molecule has 0 radical (unpaired) electrons. The van der Waals surface area contributed by atoms with E-state index < -0.39 is 0 Å². The molecule has 0 bridgehead atoms. The quantitative estimate of drug-likeness (QED) is 0.813. The molecule has 0 spiro atoms. The third kappa shape index (κ3) is 5.76. The van der Waals surface area contributed by atoms with Gasteiger partial charge in [-0.2, -0.15) is 0 Å². The molecule has 1 atom stereocenters. The third-order valence-corrected chi connectivity index (χ3v) is 3.78. The van der Waals surface area contributed by atoms with Crippen LogP contribution >= 0.6 is 36.4 Å². The molecule has 1 aromatic carbocycles. The van der Waals surface area contributed by atoms with Crippen LogP contribution in [0.25, 0.3) is 0 Å². The molecule has 1 saturated heterocycles. The predicted molar refractivity (Wildman–Crippen MR) is 92.5 cm³/mol. The molecule has 1 N–H and O–H groups in total. The fourth-order valence-corrected chi connectivity index (χ4v) is 2.82. The Labute approximate surface area is 143 Å². The van der Waals surface area contributed by atoms with E-state index in [9.17, 15) is 4.39 Å². The van der Waals surface area contributed by atoms with Crippen LogP contribution in [-0.4, -0.2) is 31.1 Å². The summed E-state index contributed by atoms with van der Waals surface area (Å²) in [5.41, 5.74) is 2.11. The lowest BCUT2D eigenvalue weighted by atomic mass is 9.98. The van der Waals surface area contributed by atoms with Gasteiger partial charge in [-0.05, 0) is 31.0 Å². The molecule has 0 saturated carbocycles. The Balaban J connectivity index is 0.00000200. The van der Waals surface area contributed by atoms with Crippen molar-refractivity contribution in [2.24, 2.45) is 0 Å². The predicted octanol–water partition coefficient (Wildman–Crippen LogP) is 4.24. The largest absolute Gasteiger partial charge is 0.314 e. The molecular weight excluding hydrogens is 334 g/mol. The monoisotopic (exact) mass is 354 g/mol. The number of piperazine rings is 1. The maximum absolute atomic E-state index is 13.2. The van der Waals surface area contributed by atoms with Crippen molar-refractivity contribution in [3.8, 4) is 0 Å². The number of hydrogen-bond acceptors (Lipinski definition) is 2. The standard InChI is InChI=1S/C15H20ClFN2.2ClH/c1-11(2)9-15(19-7-5-18-6-8-19)13-4-3-12(17)10-14(13)16;;/h3-4,10,15,18H,1,5-9H2,2H3;2*1H/t15-;;/m1../s1. The first-order valence-electron chi connectivity index (χ1n) is 6.62. The van der Waals surface area contributed by atoms with Gasteiger partial charge in [-0.3, -0.25) is 4.90 Å². The van der Waals surface area contributed by atoms with Crippen LogP contribution in [0.2, 0.25) is 5.02 Å². The van der Waals surface area contributed by atoms with E-state index in [4.69, 9.17) is 11.6 Å². The van der Waals surface area contributed by atoms with Crippen molar-refractivity contribution in [1.82, 2.24) is 10.2 Å². The Bertz CT molecular complexity index is 462. The molecule has 0 aliphatic carbocycles. The average molecular weight is 356 g/mol. The van der Waals surface area contributed by atoms with Crippen molar-refractivity contribution in [1.29, 1.82) is 0 Å². The fraction of sp³-hybridized carbons (Fsp3) is 0.467. The summed E-state index contributed by atoms with van der Waals surface area (Å²) in [7, 11) is 0. The van der Waals surface area contributed by atoms with Gasteiger partial charge in [0.1, 0.15) is 5.82 Å². The van der Waals surface area contributed by atoms with Gasteiger partial charge in [0.05, 0.1) is 0 Å². The molecule has 2 nitrogen and oxygen atoms in total. The zero-order valence-corrected chi connectivity index (χ0v) is 14.5. The number of nitrogens with zero attached hydrogens (tertiary/aromatic N) is 1. The Hall–Kier alpha value is -0.320. The van der Waals surface area contributed by atoms with Crippen LogP contribution in [0.15, 0.2) is 30.4 Å². The minimum atomic E-state index is -0.289. The Kier molecular flexibility index (Phi) is 9.50. The summed E-state index contributed by atoms with van der Waals surface area (Å²) in [6.45, 7) is 9.93. The van der Waals surface area contributed by atoms with E-state index in [2.05, 4.69) is 16.8 Å². The van der Waals surface area contributed by atoms with E-state index in [0.29, 0.717) is 5.02 Å². The molecule has 1 heterocycles. The Morgan fingerprint density at radius 1 is 1.38 bits per heavy atom. The zero-order valence-electron chi connectivity index (χ0n) is 12.1. The van der Waals surface area contributed by atoms with Crippen molar-refractivity contribution >= 4 is 36.4 Å². The van der Waals surface area contributed by atoms with Crippen molar-refractivity contribution in [2.75, 3.05) is 26.2 Å². The van der Waals surface area contributed by atoms with Gasteiger partial charge in [-0.25, -0.2) is 4.39 Å². The third-order valence-electron chi connectivity index (χ3n) is 3.46. The smallest absolute Gasteiger partial charge is 0.124 e. The summed E-state index contributed by atoms with van der Waals surface area (Å²) in [6, 6.07) is 4.86. The average Bonchev–Trinajstić information content (AvgIpc) is 2.37. The lowest BCUT2D eigenvalue weighted by Gasteiger charge is -2.35. The van der Waals surface area contributed by atoms with Crippen LogP contribution in [0.1, 0.15) is 24.9 Å². The van der Waals surface area contributed by atoms with Gasteiger partial charge in [0.25, 0.3) is 0 Å². The molecule has 120 valence electrons. The highest BCUT2D eigenvalue weighted by atomic mass is 35.5. The minimum Gasteiger partial charge on any atom is -0.314 e. The number of rotatable bonds is 4. The fourth-order valence-electron chi connectivity index (χ4n) is 2.53. The highest BCUT2D eigenvalue weighted by Gasteiger charge is 2.24. The highest BCUT2D eigenvalue weighted by Crippen LogP contribution is 2.32. The van der Waals surface area contributed by atoms with E-state index >= 15 is 0 Å².